The average Bonchev–Trinajstić information content (AvgIpc) is 2.41. The molecule has 0 amide bonds. The predicted molar refractivity (Wildman–Crippen MR) is 67.1 cm³/mol. The molecule has 7 heteroatoms. The highest BCUT2D eigenvalue weighted by Gasteiger charge is 2.51. The van der Waals surface area contributed by atoms with Gasteiger partial charge < -0.3 is 36.0 Å². The van der Waals surface area contributed by atoms with Crippen LogP contribution in [0.25, 0.3) is 0 Å². The SMILES string of the molecule is NCCCCCC[C@]1(O)O[C@H](CO)[C@@H](O)[C@H](O)[C@H]1O. The molecular formula is C12H25NO6. The lowest BCUT2D eigenvalue weighted by molar-refractivity contribution is -0.351. The lowest BCUT2D eigenvalue weighted by Crippen LogP contribution is -2.65. The first-order valence-corrected chi connectivity index (χ1v) is 6.71. The summed E-state index contributed by atoms with van der Waals surface area (Å²) in [6.07, 6.45) is -2.32. The van der Waals surface area contributed by atoms with Crippen LogP contribution in [0.4, 0.5) is 0 Å². The molecule has 0 aromatic heterocycles. The molecule has 7 nitrogen and oxygen atoms in total. The molecule has 1 fully saturated rings. The molecule has 7 N–H and O–H groups in total. The molecule has 1 saturated heterocycles. The van der Waals surface area contributed by atoms with E-state index < -0.39 is 36.8 Å². The van der Waals surface area contributed by atoms with Crippen LogP contribution in [0.15, 0.2) is 0 Å². The molecule has 0 unspecified atom stereocenters. The first kappa shape index (κ1) is 16.8. The highest BCUT2D eigenvalue weighted by Crippen LogP contribution is 2.32. The minimum atomic E-state index is -1.94. The van der Waals surface area contributed by atoms with Crippen molar-refractivity contribution < 1.29 is 30.3 Å². The van der Waals surface area contributed by atoms with Gasteiger partial charge in [0.1, 0.15) is 24.4 Å². The van der Waals surface area contributed by atoms with Crippen LogP contribution in [0.3, 0.4) is 0 Å². The highest BCUT2D eigenvalue weighted by molar-refractivity contribution is 4.95. The molecule has 114 valence electrons. The number of aliphatic hydroxyl groups is 5. The van der Waals surface area contributed by atoms with E-state index in [4.69, 9.17) is 15.6 Å². The van der Waals surface area contributed by atoms with E-state index in [1.807, 2.05) is 0 Å². The van der Waals surface area contributed by atoms with Gasteiger partial charge in [0, 0.05) is 6.42 Å². The van der Waals surface area contributed by atoms with Crippen molar-refractivity contribution in [3.63, 3.8) is 0 Å². The van der Waals surface area contributed by atoms with E-state index in [0.29, 0.717) is 13.0 Å². The van der Waals surface area contributed by atoms with Crippen molar-refractivity contribution in [1.29, 1.82) is 0 Å². The fraction of sp³-hybridized carbons (Fsp3) is 1.00. The second kappa shape index (κ2) is 7.49. The van der Waals surface area contributed by atoms with Crippen molar-refractivity contribution in [2.24, 2.45) is 5.73 Å². The van der Waals surface area contributed by atoms with Gasteiger partial charge in [-0.2, -0.15) is 0 Å². The maximum Gasteiger partial charge on any atom is 0.195 e. The third-order valence-corrected chi connectivity index (χ3v) is 3.54. The van der Waals surface area contributed by atoms with E-state index in [-0.39, 0.29) is 6.42 Å². The second-order valence-electron chi connectivity index (χ2n) is 5.06. The smallest absolute Gasteiger partial charge is 0.195 e. The molecule has 0 saturated carbocycles. The Hall–Kier alpha value is -0.280. The Morgan fingerprint density at radius 2 is 1.63 bits per heavy atom. The van der Waals surface area contributed by atoms with Crippen molar-refractivity contribution in [1.82, 2.24) is 0 Å². The van der Waals surface area contributed by atoms with Crippen LogP contribution in [-0.4, -0.2) is 68.9 Å². The summed E-state index contributed by atoms with van der Waals surface area (Å²) in [6, 6.07) is 0. The summed E-state index contributed by atoms with van der Waals surface area (Å²) >= 11 is 0. The van der Waals surface area contributed by atoms with Crippen LogP contribution in [0, 0.1) is 0 Å². The first-order valence-electron chi connectivity index (χ1n) is 6.71. The summed E-state index contributed by atoms with van der Waals surface area (Å²) in [4.78, 5) is 0. The van der Waals surface area contributed by atoms with Gasteiger partial charge in [0.15, 0.2) is 5.79 Å². The highest BCUT2D eigenvalue weighted by atomic mass is 16.7. The minimum absolute atomic E-state index is 0.124. The molecule has 0 radical (unpaired) electrons. The van der Waals surface area contributed by atoms with E-state index >= 15 is 0 Å². The zero-order valence-corrected chi connectivity index (χ0v) is 11.0. The Labute approximate surface area is 112 Å². The third kappa shape index (κ3) is 4.09. The lowest BCUT2D eigenvalue weighted by Gasteiger charge is -2.45. The van der Waals surface area contributed by atoms with Crippen molar-refractivity contribution in [3.8, 4) is 0 Å². The topological polar surface area (TPSA) is 136 Å². The predicted octanol–water partition coefficient (Wildman–Crippen LogP) is -1.94. The van der Waals surface area contributed by atoms with Crippen LogP contribution in [-0.2, 0) is 4.74 Å². The summed E-state index contributed by atoms with van der Waals surface area (Å²) in [6.45, 7) is 0.0708. The average molecular weight is 279 g/mol. The maximum atomic E-state index is 10.2. The first-order chi connectivity index (χ1) is 8.96. The summed E-state index contributed by atoms with van der Waals surface area (Å²) in [7, 11) is 0. The normalized spacial score (nSPS) is 39.5. The summed E-state index contributed by atoms with van der Waals surface area (Å²) < 4.78 is 5.15. The van der Waals surface area contributed by atoms with Gasteiger partial charge in [-0.15, -0.1) is 0 Å². The molecule has 0 spiro atoms. The largest absolute Gasteiger partial charge is 0.394 e. The summed E-state index contributed by atoms with van der Waals surface area (Å²) in [5.41, 5.74) is 5.37. The van der Waals surface area contributed by atoms with E-state index in [9.17, 15) is 20.4 Å². The second-order valence-corrected chi connectivity index (χ2v) is 5.06. The Morgan fingerprint density at radius 1 is 1.00 bits per heavy atom. The molecule has 0 aromatic rings. The molecule has 5 atom stereocenters. The zero-order chi connectivity index (χ0) is 14.5. The minimum Gasteiger partial charge on any atom is -0.394 e. The van der Waals surface area contributed by atoms with Gasteiger partial charge in [-0.3, -0.25) is 0 Å². The number of rotatable bonds is 7. The molecule has 0 aromatic carbocycles. The number of hydrogen-bond acceptors (Lipinski definition) is 7. The Kier molecular flexibility index (Phi) is 6.61. The molecular weight excluding hydrogens is 254 g/mol. The lowest BCUT2D eigenvalue weighted by atomic mass is 9.89. The number of nitrogens with two attached hydrogens (primary N) is 1. The van der Waals surface area contributed by atoms with Gasteiger partial charge in [-0.05, 0) is 19.4 Å². The molecule has 1 aliphatic heterocycles. The van der Waals surface area contributed by atoms with Crippen LogP contribution < -0.4 is 5.73 Å². The van der Waals surface area contributed by atoms with Crippen LogP contribution in [0.2, 0.25) is 0 Å². The fourth-order valence-electron chi connectivity index (χ4n) is 2.30. The number of ether oxygens (including phenoxy) is 1. The van der Waals surface area contributed by atoms with E-state index in [2.05, 4.69) is 0 Å². The van der Waals surface area contributed by atoms with Gasteiger partial charge in [0.2, 0.25) is 0 Å². The number of unbranched alkanes of at least 4 members (excludes halogenated alkanes) is 3. The van der Waals surface area contributed by atoms with Crippen molar-refractivity contribution >= 4 is 0 Å². The van der Waals surface area contributed by atoms with Gasteiger partial charge in [-0.1, -0.05) is 12.8 Å². The van der Waals surface area contributed by atoms with Crippen molar-refractivity contribution in [2.75, 3.05) is 13.2 Å². The van der Waals surface area contributed by atoms with Crippen LogP contribution in [0.1, 0.15) is 32.1 Å². The van der Waals surface area contributed by atoms with Gasteiger partial charge in [0.25, 0.3) is 0 Å². The number of aliphatic hydroxyl groups excluding tert-OH is 4. The number of hydrogen-bond donors (Lipinski definition) is 6. The third-order valence-electron chi connectivity index (χ3n) is 3.54. The molecule has 1 heterocycles. The molecule has 1 aliphatic rings. The van der Waals surface area contributed by atoms with Crippen molar-refractivity contribution in [3.05, 3.63) is 0 Å². The fourth-order valence-corrected chi connectivity index (χ4v) is 2.30. The standard InChI is InChI=1S/C12H25NO6/c13-6-4-2-1-3-5-12(18)11(17)10(16)9(15)8(7-14)19-12/h8-11,14-18H,1-7,13H2/t8-,9-,10+,11-,12+/m1/s1. The molecule has 19 heavy (non-hydrogen) atoms. The monoisotopic (exact) mass is 279 g/mol. The van der Waals surface area contributed by atoms with Gasteiger partial charge >= 0.3 is 0 Å². The van der Waals surface area contributed by atoms with E-state index in [0.717, 1.165) is 19.3 Å². The Balaban J connectivity index is 2.52. The van der Waals surface area contributed by atoms with Crippen LogP contribution >= 0.6 is 0 Å². The summed E-state index contributed by atoms with van der Waals surface area (Å²) in [5.74, 6) is -1.94. The van der Waals surface area contributed by atoms with Crippen molar-refractivity contribution in [2.45, 2.75) is 62.3 Å². The molecule has 0 bridgehead atoms. The quantitative estimate of drug-likeness (QED) is 0.298. The van der Waals surface area contributed by atoms with Gasteiger partial charge in [-0.25, -0.2) is 0 Å². The summed E-state index contributed by atoms with van der Waals surface area (Å²) in [5, 5.41) is 48.3. The van der Waals surface area contributed by atoms with Crippen LogP contribution in [0.5, 0.6) is 0 Å². The van der Waals surface area contributed by atoms with E-state index in [1.165, 1.54) is 0 Å². The molecule has 1 rings (SSSR count). The Morgan fingerprint density at radius 3 is 2.21 bits per heavy atom. The van der Waals surface area contributed by atoms with E-state index in [1.54, 1.807) is 0 Å². The Bertz CT molecular complexity index is 265. The molecule has 0 aliphatic carbocycles. The maximum absolute atomic E-state index is 10.2. The zero-order valence-electron chi connectivity index (χ0n) is 11.0. The van der Waals surface area contributed by atoms with Gasteiger partial charge in [0.05, 0.1) is 6.61 Å².